The molecule has 0 spiro atoms. The Bertz CT molecular complexity index is 435. The van der Waals surface area contributed by atoms with Gasteiger partial charge in [0, 0.05) is 19.6 Å². The molecule has 0 aliphatic rings. The molecule has 2 aromatic rings. The van der Waals surface area contributed by atoms with Gasteiger partial charge in [0.2, 0.25) is 0 Å². The number of fused-ring (bicyclic) bond motifs is 1. The van der Waals surface area contributed by atoms with Crippen molar-refractivity contribution in [3.63, 3.8) is 0 Å². The van der Waals surface area contributed by atoms with E-state index in [4.69, 9.17) is 5.73 Å². The fourth-order valence-electron chi connectivity index (χ4n) is 1.69. The van der Waals surface area contributed by atoms with E-state index in [2.05, 4.69) is 34.0 Å². The van der Waals surface area contributed by atoms with E-state index in [9.17, 15) is 0 Å². The van der Waals surface area contributed by atoms with E-state index < -0.39 is 0 Å². The summed E-state index contributed by atoms with van der Waals surface area (Å²) in [5.74, 6) is 0. The molecule has 15 heavy (non-hydrogen) atoms. The summed E-state index contributed by atoms with van der Waals surface area (Å²) < 4.78 is 0. The molecule has 3 N–H and O–H groups in total. The van der Waals surface area contributed by atoms with Crippen molar-refractivity contribution in [1.29, 1.82) is 0 Å². The van der Waals surface area contributed by atoms with Crippen molar-refractivity contribution >= 4 is 11.0 Å². The van der Waals surface area contributed by atoms with Crippen LogP contribution < -0.4 is 5.73 Å². The summed E-state index contributed by atoms with van der Waals surface area (Å²) in [4.78, 5) is 9.50. The average molecular weight is 204 g/mol. The Labute approximate surface area is 89.1 Å². The van der Waals surface area contributed by atoms with E-state index >= 15 is 0 Å². The predicted molar refractivity (Wildman–Crippen MR) is 61.5 cm³/mol. The van der Waals surface area contributed by atoms with Crippen LogP contribution in [-0.2, 0) is 6.54 Å². The van der Waals surface area contributed by atoms with Crippen molar-refractivity contribution in [2.24, 2.45) is 5.73 Å². The van der Waals surface area contributed by atoms with Crippen LogP contribution in [0.4, 0.5) is 0 Å². The number of hydrogen-bond acceptors (Lipinski definition) is 3. The molecule has 2 rings (SSSR count). The first-order valence-corrected chi connectivity index (χ1v) is 5.10. The third kappa shape index (κ3) is 2.34. The zero-order valence-corrected chi connectivity index (χ0v) is 8.90. The van der Waals surface area contributed by atoms with Crippen molar-refractivity contribution in [2.45, 2.75) is 6.54 Å². The van der Waals surface area contributed by atoms with Crippen LogP contribution in [0.5, 0.6) is 0 Å². The largest absolute Gasteiger partial charge is 0.345 e. The molecule has 0 amide bonds. The third-order valence-electron chi connectivity index (χ3n) is 2.45. The van der Waals surface area contributed by atoms with Gasteiger partial charge in [-0.05, 0) is 24.7 Å². The van der Waals surface area contributed by atoms with Gasteiger partial charge in [0.25, 0.3) is 0 Å². The lowest BCUT2D eigenvalue weighted by Gasteiger charge is -2.15. The molecule has 0 atom stereocenters. The number of imidazole rings is 1. The van der Waals surface area contributed by atoms with E-state index in [1.54, 1.807) is 6.33 Å². The summed E-state index contributed by atoms with van der Waals surface area (Å²) in [5.41, 5.74) is 8.88. The second-order valence-corrected chi connectivity index (χ2v) is 3.78. The molecule has 0 aliphatic heterocycles. The van der Waals surface area contributed by atoms with E-state index in [0.717, 1.165) is 24.1 Å². The van der Waals surface area contributed by atoms with Crippen molar-refractivity contribution in [3.05, 3.63) is 30.1 Å². The van der Waals surface area contributed by atoms with Gasteiger partial charge in [-0.25, -0.2) is 4.98 Å². The number of rotatable bonds is 4. The smallest absolute Gasteiger partial charge is 0.0931 e. The van der Waals surface area contributed by atoms with Crippen LogP contribution in [0.25, 0.3) is 11.0 Å². The molecule has 0 bridgehead atoms. The highest BCUT2D eigenvalue weighted by molar-refractivity contribution is 5.74. The molecule has 80 valence electrons. The van der Waals surface area contributed by atoms with Gasteiger partial charge < -0.3 is 15.6 Å². The lowest BCUT2D eigenvalue weighted by Crippen LogP contribution is -2.24. The summed E-state index contributed by atoms with van der Waals surface area (Å²) >= 11 is 0. The van der Waals surface area contributed by atoms with E-state index in [1.165, 1.54) is 5.56 Å². The predicted octanol–water partition coefficient (Wildman–Crippen LogP) is 0.953. The Morgan fingerprint density at radius 3 is 3.13 bits per heavy atom. The van der Waals surface area contributed by atoms with Crippen LogP contribution in [0.2, 0.25) is 0 Å². The number of H-pyrrole nitrogens is 1. The maximum absolute atomic E-state index is 5.50. The zero-order chi connectivity index (χ0) is 10.7. The first kappa shape index (κ1) is 10.1. The van der Waals surface area contributed by atoms with E-state index in [0.29, 0.717) is 6.54 Å². The first-order chi connectivity index (χ1) is 7.29. The van der Waals surface area contributed by atoms with Crippen molar-refractivity contribution in [2.75, 3.05) is 20.1 Å². The molecular weight excluding hydrogens is 188 g/mol. The highest BCUT2D eigenvalue weighted by Gasteiger charge is 2.01. The molecule has 0 radical (unpaired) electrons. The molecule has 0 saturated heterocycles. The number of benzene rings is 1. The van der Waals surface area contributed by atoms with Crippen LogP contribution >= 0.6 is 0 Å². The van der Waals surface area contributed by atoms with Gasteiger partial charge in [0.05, 0.1) is 17.4 Å². The highest BCUT2D eigenvalue weighted by atomic mass is 15.1. The fraction of sp³-hybridized carbons (Fsp3) is 0.364. The Hall–Kier alpha value is -1.39. The first-order valence-electron chi connectivity index (χ1n) is 5.10. The number of hydrogen-bond donors (Lipinski definition) is 2. The monoisotopic (exact) mass is 204 g/mol. The molecule has 4 nitrogen and oxygen atoms in total. The Kier molecular flexibility index (Phi) is 2.99. The highest BCUT2D eigenvalue weighted by Crippen LogP contribution is 2.12. The molecule has 0 saturated carbocycles. The Morgan fingerprint density at radius 2 is 2.33 bits per heavy atom. The van der Waals surface area contributed by atoms with Crippen LogP contribution in [0.3, 0.4) is 0 Å². The molecule has 1 aromatic heterocycles. The maximum atomic E-state index is 5.50. The number of nitrogens with one attached hydrogen (secondary N) is 1. The van der Waals surface area contributed by atoms with Gasteiger partial charge in [-0.1, -0.05) is 6.07 Å². The molecule has 1 heterocycles. The van der Waals surface area contributed by atoms with Crippen molar-refractivity contribution in [1.82, 2.24) is 14.9 Å². The van der Waals surface area contributed by atoms with Crippen LogP contribution in [-0.4, -0.2) is 35.0 Å². The number of nitrogens with two attached hydrogens (primary N) is 1. The lowest BCUT2D eigenvalue weighted by atomic mass is 10.2. The van der Waals surface area contributed by atoms with Gasteiger partial charge in [0.15, 0.2) is 0 Å². The maximum Gasteiger partial charge on any atom is 0.0931 e. The third-order valence-corrected chi connectivity index (χ3v) is 2.45. The van der Waals surface area contributed by atoms with Crippen LogP contribution in [0.15, 0.2) is 24.5 Å². The minimum atomic E-state index is 0.697. The molecule has 4 heteroatoms. The molecular formula is C11H16N4. The van der Waals surface area contributed by atoms with Crippen molar-refractivity contribution < 1.29 is 0 Å². The van der Waals surface area contributed by atoms with Gasteiger partial charge >= 0.3 is 0 Å². The molecule has 1 aromatic carbocycles. The average Bonchev–Trinajstić information content (AvgIpc) is 2.65. The second-order valence-electron chi connectivity index (χ2n) is 3.78. The molecule has 0 aliphatic carbocycles. The second kappa shape index (κ2) is 4.42. The number of nitrogens with zero attached hydrogens (tertiary/aromatic N) is 2. The summed E-state index contributed by atoms with van der Waals surface area (Å²) in [6.07, 6.45) is 1.72. The summed E-state index contributed by atoms with van der Waals surface area (Å²) in [6.45, 7) is 2.54. The van der Waals surface area contributed by atoms with Crippen LogP contribution in [0, 0.1) is 0 Å². The summed E-state index contributed by atoms with van der Waals surface area (Å²) in [7, 11) is 2.07. The normalized spacial score (nSPS) is 11.4. The standard InChI is InChI=1S/C11H16N4/c1-15(5-4-12)7-9-2-3-10-11(6-9)14-8-13-10/h2-3,6,8H,4-5,7,12H2,1H3,(H,13,14). The Morgan fingerprint density at radius 1 is 1.47 bits per heavy atom. The molecule has 0 unspecified atom stereocenters. The lowest BCUT2D eigenvalue weighted by molar-refractivity contribution is 0.336. The summed E-state index contributed by atoms with van der Waals surface area (Å²) in [6, 6.07) is 6.28. The Balaban J connectivity index is 2.14. The molecule has 0 fully saturated rings. The van der Waals surface area contributed by atoms with E-state index in [1.807, 2.05) is 6.07 Å². The number of aromatic amines is 1. The number of likely N-dealkylation sites (N-methyl/N-ethyl adjacent to an activating group) is 1. The fourth-order valence-corrected chi connectivity index (χ4v) is 1.69. The summed E-state index contributed by atoms with van der Waals surface area (Å²) in [5, 5.41) is 0. The van der Waals surface area contributed by atoms with Gasteiger partial charge in [-0.2, -0.15) is 0 Å². The van der Waals surface area contributed by atoms with Crippen molar-refractivity contribution in [3.8, 4) is 0 Å². The quantitative estimate of drug-likeness (QED) is 0.779. The minimum absolute atomic E-state index is 0.697. The zero-order valence-electron chi connectivity index (χ0n) is 8.90. The van der Waals surface area contributed by atoms with Gasteiger partial charge in [-0.3, -0.25) is 0 Å². The topological polar surface area (TPSA) is 57.9 Å². The van der Waals surface area contributed by atoms with Gasteiger partial charge in [0.1, 0.15) is 0 Å². The van der Waals surface area contributed by atoms with Crippen LogP contribution in [0.1, 0.15) is 5.56 Å². The minimum Gasteiger partial charge on any atom is -0.345 e. The van der Waals surface area contributed by atoms with E-state index in [-0.39, 0.29) is 0 Å². The SMILES string of the molecule is CN(CCN)Cc1ccc2nc[nH]c2c1. The number of aromatic nitrogens is 2. The van der Waals surface area contributed by atoms with Gasteiger partial charge in [-0.15, -0.1) is 0 Å².